The summed E-state index contributed by atoms with van der Waals surface area (Å²) in [5, 5.41) is 19.6. The van der Waals surface area contributed by atoms with E-state index in [-0.39, 0.29) is 28.9 Å². The van der Waals surface area contributed by atoms with Gasteiger partial charge >= 0.3 is 5.97 Å². The number of β-amino-alcohol motifs (C(OH)–C–C–N with tert-alkyl or cyclic N) is 1. The van der Waals surface area contributed by atoms with Crippen molar-refractivity contribution < 1.29 is 19.4 Å². The maximum atomic E-state index is 14.8. The van der Waals surface area contributed by atoms with E-state index in [0.29, 0.717) is 24.5 Å². The van der Waals surface area contributed by atoms with E-state index in [1.54, 1.807) is 16.4 Å². The van der Waals surface area contributed by atoms with E-state index in [9.17, 15) is 24.2 Å². The summed E-state index contributed by atoms with van der Waals surface area (Å²) in [7, 11) is 0. The third-order valence-electron chi connectivity index (χ3n) is 6.41. The lowest BCUT2D eigenvalue weighted by atomic mass is 9.49. The van der Waals surface area contributed by atoms with Crippen molar-refractivity contribution in [1.82, 2.24) is 9.55 Å². The van der Waals surface area contributed by atoms with Crippen LogP contribution in [0.5, 0.6) is 0 Å². The number of fused-ring (bicyclic) bond motifs is 1. The molecule has 0 amide bonds. The van der Waals surface area contributed by atoms with Crippen LogP contribution in [0.15, 0.2) is 17.1 Å². The maximum Gasteiger partial charge on any atom is 0.341 e. The molecule has 8 heteroatoms. The fraction of sp³-hybridized carbons (Fsp3) is 0.526. The first-order valence-electron chi connectivity index (χ1n) is 9.16. The van der Waals surface area contributed by atoms with Crippen LogP contribution in [-0.4, -0.2) is 44.4 Å². The smallest absolute Gasteiger partial charge is 0.341 e. The predicted molar refractivity (Wildman–Crippen MR) is 95.7 cm³/mol. The van der Waals surface area contributed by atoms with Gasteiger partial charge in [0, 0.05) is 24.8 Å². The van der Waals surface area contributed by atoms with Crippen LogP contribution < -0.4 is 10.3 Å². The lowest BCUT2D eigenvalue weighted by molar-refractivity contribution is -0.0864. The maximum absolute atomic E-state index is 14.8. The zero-order valence-corrected chi connectivity index (χ0v) is 14.9. The first-order chi connectivity index (χ1) is 12.7. The summed E-state index contributed by atoms with van der Waals surface area (Å²) < 4.78 is 16.6. The van der Waals surface area contributed by atoms with Gasteiger partial charge in [-0.25, -0.2) is 14.2 Å². The first-order valence-corrected chi connectivity index (χ1v) is 9.16. The Kier molecular flexibility index (Phi) is 3.13. The highest BCUT2D eigenvalue weighted by Crippen LogP contribution is 2.62. The Bertz CT molecular complexity index is 1040. The molecule has 2 N–H and O–H groups in total. The predicted octanol–water partition coefficient (Wildman–Crippen LogP) is 1.70. The van der Waals surface area contributed by atoms with Crippen LogP contribution in [0.3, 0.4) is 0 Å². The van der Waals surface area contributed by atoms with E-state index in [0.717, 1.165) is 25.3 Å². The number of aliphatic hydroxyl groups is 1. The average molecular weight is 373 g/mol. The van der Waals surface area contributed by atoms with Gasteiger partial charge in [-0.05, 0) is 44.6 Å². The second-order valence-corrected chi connectivity index (χ2v) is 8.58. The van der Waals surface area contributed by atoms with Crippen molar-refractivity contribution in [3.05, 3.63) is 33.9 Å². The van der Waals surface area contributed by atoms with Gasteiger partial charge in [0.05, 0.1) is 11.0 Å². The molecule has 3 saturated carbocycles. The highest BCUT2D eigenvalue weighted by Gasteiger charge is 2.58. The molecule has 2 aromatic heterocycles. The number of pyridine rings is 2. The van der Waals surface area contributed by atoms with Crippen LogP contribution in [0.25, 0.3) is 11.0 Å². The van der Waals surface area contributed by atoms with Crippen molar-refractivity contribution in [2.75, 3.05) is 18.0 Å². The third kappa shape index (κ3) is 2.25. The highest BCUT2D eigenvalue weighted by molar-refractivity contribution is 5.92. The molecule has 4 fully saturated rings. The van der Waals surface area contributed by atoms with Crippen molar-refractivity contribution in [2.24, 2.45) is 5.92 Å². The summed E-state index contributed by atoms with van der Waals surface area (Å²) in [6.07, 6.45) is 4.66. The molecule has 2 bridgehead atoms. The minimum atomic E-state index is -1.32. The lowest BCUT2D eigenvalue weighted by Crippen LogP contribution is -2.59. The first kappa shape index (κ1) is 16.7. The van der Waals surface area contributed by atoms with Gasteiger partial charge in [0.1, 0.15) is 11.2 Å². The van der Waals surface area contributed by atoms with Crippen LogP contribution in [0.1, 0.15) is 43.0 Å². The molecule has 1 unspecified atom stereocenters. The van der Waals surface area contributed by atoms with E-state index in [1.165, 1.54) is 6.20 Å². The molecule has 2 aromatic rings. The van der Waals surface area contributed by atoms with Gasteiger partial charge in [-0.1, -0.05) is 0 Å². The molecule has 6 rings (SSSR count). The summed E-state index contributed by atoms with van der Waals surface area (Å²) in [5.74, 6) is -1.25. The number of hydrogen-bond donors (Lipinski definition) is 2. The van der Waals surface area contributed by atoms with Gasteiger partial charge in [-0.3, -0.25) is 4.79 Å². The Hall–Kier alpha value is -2.48. The highest BCUT2D eigenvalue weighted by atomic mass is 19.1. The Morgan fingerprint density at radius 2 is 2.07 bits per heavy atom. The number of carbonyl (C=O) groups is 1. The Labute approximate surface area is 154 Å². The molecule has 1 atom stereocenters. The molecule has 0 spiro atoms. The molecule has 1 aliphatic heterocycles. The molecule has 3 aliphatic carbocycles. The summed E-state index contributed by atoms with van der Waals surface area (Å²) in [4.78, 5) is 30.3. The molecule has 1 saturated heterocycles. The lowest BCUT2D eigenvalue weighted by Gasteiger charge is -2.62. The monoisotopic (exact) mass is 373 g/mol. The number of hydrogen-bond acceptors (Lipinski definition) is 5. The molecule has 4 aliphatic rings. The largest absolute Gasteiger partial charge is 0.477 e. The molecular formula is C19H20FN3O4. The average Bonchev–Trinajstić information content (AvgIpc) is 2.86. The van der Waals surface area contributed by atoms with Crippen molar-refractivity contribution in [3.8, 4) is 0 Å². The summed E-state index contributed by atoms with van der Waals surface area (Å²) >= 11 is 0. The van der Waals surface area contributed by atoms with Crippen LogP contribution in [0.2, 0.25) is 0 Å². The Balaban J connectivity index is 1.74. The van der Waals surface area contributed by atoms with Crippen molar-refractivity contribution in [2.45, 2.75) is 43.7 Å². The van der Waals surface area contributed by atoms with E-state index < -0.39 is 22.8 Å². The van der Waals surface area contributed by atoms with E-state index in [2.05, 4.69) is 4.98 Å². The Morgan fingerprint density at radius 1 is 1.37 bits per heavy atom. The molecule has 27 heavy (non-hydrogen) atoms. The van der Waals surface area contributed by atoms with Crippen molar-refractivity contribution in [1.29, 1.82) is 0 Å². The van der Waals surface area contributed by atoms with Gasteiger partial charge in [-0.15, -0.1) is 0 Å². The van der Waals surface area contributed by atoms with Crippen LogP contribution in [0, 0.1) is 11.7 Å². The number of nitrogens with zero attached hydrogens (tertiary/aromatic N) is 3. The van der Waals surface area contributed by atoms with Gasteiger partial charge < -0.3 is 19.7 Å². The summed E-state index contributed by atoms with van der Waals surface area (Å²) in [6.45, 7) is 2.42. The van der Waals surface area contributed by atoms with Gasteiger partial charge in [0.15, 0.2) is 11.6 Å². The second-order valence-electron chi connectivity index (χ2n) is 8.58. The normalized spacial score (nSPS) is 31.7. The van der Waals surface area contributed by atoms with Crippen molar-refractivity contribution in [3.63, 3.8) is 0 Å². The molecule has 0 radical (unpaired) electrons. The van der Waals surface area contributed by atoms with Crippen molar-refractivity contribution >= 4 is 22.8 Å². The zero-order valence-electron chi connectivity index (χ0n) is 14.9. The van der Waals surface area contributed by atoms with Gasteiger partial charge in [-0.2, -0.15) is 0 Å². The van der Waals surface area contributed by atoms with Crippen LogP contribution >= 0.6 is 0 Å². The number of rotatable bonds is 3. The Morgan fingerprint density at radius 3 is 2.59 bits per heavy atom. The van der Waals surface area contributed by atoms with E-state index in [4.69, 9.17) is 0 Å². The standard InChI is InChI=1S/C19H20FN3O4/c1-18(27)2-3-22(9-18)16-13(20)4-11-14(24)12(17(25)26)8-23(15(11)21-16)19-5-10(6-19)7-19/h4,8,10,27H,2-3,5-7,9H2,1H3,(H,25,26). The third-order valence-corrected chi connectivity index (χ3v) is 6.41. The number of anilines is 1. The molecular weight excluding hydrogens is 353 g/mol. The SMILES string of the molecule is CC1(O)CCN(c2nc3c(cc2F)c(=O)c(C(=O)O)cn3C23CC(C2)C3)C1. The van der Waals surface area contributed by atoms with E-state index >= 15 is 0 Å². The topological polar surface area (TPSA) is 95.7 Å². The van der Waals surface area contributed by atoms with Crippen LogP contribution in [0.4, 0.5) is 10.2 Å². The number of halogens is 1. The molecule has 7 nitrogen and oxygen atoms in total. The number of aromatic carboxylic acids is 1. The molecule has 142 valence electrons. The van der Waals surface area contributed by atoms with Crippen LogP contribution in [-0.2, 0) is 5.54 Å². The number of aromatic nitrogens is 2. The molecule has 0 aromatic carbocycles. The second kappa shape index (κ2) is 5.07. The number of carboxylic acids is 1. The quantitative estimate of drug-likeness (QED) is 0.850. The van der Waals surface area contributed by atoms with E-state index in [1.807, 2.05) is 0 Å². The summed E-state index contributed by atoms with van der Waals surface area (Å²) in [5.41, 5.74) is -1.87. The number of carboxylic acid groups (broad SMARTS) is 1. The van der Waals surface area contributed by atoms with Gasteiger partial charge in [0.25, 0.3) is 0 Å². The molecule has 3 heterocycles. The zero-order chi connectivity index (χ0) is 19.1. The fourth-order valence-corrected chi connectivity index (χ4v) is 4.80. The van der Waals surface area contributed by atoms with Gasteiger partial charge in [0.2, 0.25) is 5.43 Å². The fourth-order valence-electron chi connectivity index (χ4n) is 4.80. The summed E-state index contributed by atoms with van der Waals surface area (Å²) in [6, 6.07) is 1.10. The minimum absolute atomic E-state index is 0.00756. The minimum Gasteiger partial charge on any atom is -0.477 e.